The summed E-state index contributed by atoms with van der Waals surface area (Å²) in [7, 11) is -4.50. The number of alkyl halides is 3. The Morgan fingerprint density at radius 3 is 2.29 bits per heavy atom. The molecule has 0 aliphatic carbocycles. The van der Waals surface area contributed by atoms with Crippen LogP contribution in [-0.4, -0.2) is 19.5 Å². The van der Waals surface area contributed by atoms with Crippen LogP contribution in [0.4, 0.5) is 18.9 Å². The quantitative estimate of drug-likeness (QED) is 0.532. The fraction of sp³-hybridized carbons (Fsp3) is 0.136. The lowest BCUT2D eigenvalue weighted by atomic mass is 10.0. The minimum atomic E-state index is -4.82. The number of rotatable bonds is 7. The van der Waals surface area contributed by atoms with E-state index in [0.29, 0.717) is 18.4 Å². The molecule has 0 aromatic heterocycles. The minimum Gasteiger partial charge on any atom is -0.478 e. The summed E-state index contributed by atoms with van der Waals surface area (Å²) < 4.78 is 67.5. The number of aromatic carboxylic acids is 1. The number of aryl methyl sites for hydroxylation is 2. The molecule has 0 saturated heterocycles. The number of halogens is 3. The van der Waals surface area contributed by atoms with Crippen LogP contribution in [0.1, 0.15) is 27.0 Å². The summed E-state index contributed by atoms with van der Waals surface area (Å²) in [4.78, 5) is 10.3. The van der Waals surface area contributed by atoms with Crippen LogP contribution in [0.25, 0.3) is 0 Å². The van der Waals surface area contributed by atoms with Crippen LogP contribution in [0.5, 0.6) is 0 Å². The average molecular weight is 449 g/mol. The smallest absolute Gasteiger partial charge is 0.417 e. The summed E-state index contributed by atoms with van der Waals surface area (Å²) >= 11 is 0. The summed E-state index contributed by atoms with van der Waals surface area (Å²) in [5.74, 6) is -1.06. The van der Waals surface area contributed by atoms with E-state index >= 15 is 0 Å². The fourth-order valence-electron chi connectivity index (χ4n) is 3.11. The third kappa shape index (κ3) is 5.43. The summed E-state index contributed by atoms with van der Waals surface area (Å²) in [5.41, 5.74) is 0.353. The molecule has 0 heterocycles. The van der Waals surface area contributed by atoms with E-state index in [1.807, 2.05) is 0 Å². The number of nitrogens with one attached hydrogen (secondary N) is 1. The summed E-state index contributed by atoms with van der Waals surface area (Å²) in [6, 6.07) is 16.7. The van der Waals surface area contributed by atoms with Gasteiger partial charge in [0.1, 0.15) is 0 Å². The molecule has 0 radical (unpaired) electrons. The predicted molar refractivity (Wildman–Crippen MR) is 110 cm³/mol. The third-order valence-electron chi connectivity index (χ3n) is 4.60. The van der Waals surface area contributed by atoms with Crippen LogP contribution in [-0.2, 0) is 29.0 Å². The predicted octanol–water partition coefficient (Wildman–Crippen LogP) is 4.99. The molecule has 0 amide bonds. The molecule has 0 saturated carbocycles. The molecule has 162 valence electrons. The highest BCUT2D eigenvalue weighted by Gasteiger charge is 2.37. The first-order valence-electron chi connectivity index (χ1n) is 9.17. The molecule has 3 rings (SSSR count). The number of hydrogen-bond acceptors (Lipinski definition) is 3. The van der Waals surface area contributed by atoms with E-state index in [1.165, 1.54) is 24.3 Å². The summed E-state index contributed by atoms with van der Waals surface area (Å²) in [6.45, 7) is 0. The van der Waals surface area contributed by atoms with Gasteiger partial charge in [-0.1, -0.05) is 42.5 Å². The molecule has 3 aromatic rings. The maximum absolute atomic E-state index is 13.3. The van der Waals surface area contributed by atoms with E-state index in [2.05, 4.69) is 4.72 Å². The Hall–Kier alpha value is -3.33. The van der Waals surface area contributed by atoms with Crippen LogP contribution in [0.3, 0.4) is 0 Å². The van der Waals surface area contributed by atoms with Gasteiger partial charge in [0.15, 0.2) is 0 Å². The van der Waals surface area contributed by atoms with Crippen molar-refractivity contribution in [2.75, 3.05) is 4.72 Å². The first kappa shape index (κ1) is 22.4. The average Bonchev–Trinajstić information content (AvgIpc) is 2.72. The second-order valence-corrected chi connectivity index (χ2v) is 8.41. The second-order valence-electron chi connectivity index (χ2n) is 6.76. The van der Waals surface area contributed by atoms with Gasteiger partial charge in [-0.05, 0) is 54.3 Å². The van der Waals surface area contributed by atoms with Crippen LogP contribution >= 0.6 is 0 Å². The van der Waals surface area contributed by atoms with Crippen molar-refractivity contribution < 1.29 is 31.5 Å². The SMILES string of the molecule is O=C(O)c1cccc(CCc2ccccc2NS(=O)(=O)c2ccccc2C(F)(F)F)c1. The van der Waals surface area contributed by atoms with Crippen molar-refractivity contribution in [2.24, 2.45) is 0 Å². The highest BCUT2D eigenvalue weighted by molar-refractivity contribution is 7.92. The number of carboxylic acids is 1. The molecule has 5 nitrogen and oxygen atoms in total. The Morgan fingerprint density at radius 1 is 0.903 bits per heavy atom. The number of para-hydroxylation sites is 1. The van der Waals surface area contributed by atoms with E-state index in [-0.39, 0.29) is 11.3 Å². The van der Waals surface area contributed by atoms with Crippen molar-refractivity contribution in [1.29, 1.82) is 0 Å². The van der Waals surface area contributed by atoms with E-state index in [1.54, 1.807) is 30.3 Å². The van der Waals surface area contributed by atoms with Crippen LogP contribution in [0.15, 0.2) is 77.7 Å². The van der Waals surface area contributed by atoms with Gasteiger partial charge >= 0.3 is 12.1 Å². The Labute approximate surface area is 177 Å². The van der Waals surface area contributed by atoms with Crippen molar-refractivity contribution in [3.8, 4) is 0 Å². The zero-order valence-electron chi connectivity index (χ0n) is 16.1. The molecular formula is C22H18F3NO4S. The summed E-state index contributed by atoms with van der Waals surface area (Å²) in [6.07, 6.45) is -4.05. The molecule has 0 aliphatic heterocycles. The first-order valence-corrected chi connectivity index (χ1v) is 10.7. The maximum atomic E-state index is 13.3. The van der Waals surface area contributed by atoms with Gasteiger partial charge in [0.25, 0.3) is 10.0 Å². The van der Waals surface area contributed by atoms with E-state index in [4.69, 9.17) is 5.11 Å². The van der Waals surface area contributed by atoms with Gasteiger partial charge in [-0.2, -0.15) is 13.2 Å². The number of anilines is 1. The lowest BCUT2D eigenvalue weighted by Crippen LogP contribution is -2.19. The standard InChI is InChI=1S/C22H18F3NO4S/c23-22(24,25)18-9-2-4-11-20(18)31(29,30)26-19-10-3-1-7-16(19)13-12-15-6-5-8-17(14-15)21(27)28/h1-11,14,26H,12-13H2,(H,27,28). The van der Waals surface area contributed by atoms with Gasteiger partial charge in [-0.3, -0.25) is 4.72 Å². The van der Waals surface area contributed by atoms with Crippen LogP contribution in [0.2, 0.25) is 0 Å². The van der Waals surface area contributed by atoms with Crippen LogP contribution < -0.4 is 4.72 Å². The molecule has 0 atom stereocenters. The molecule has 0 unspecified atom stereocenters. The molecule has 3 aromatic carbocycles. The zero-order valence-corrected chi connectivity index (χ0v) is 16.9. The fourth-order valence-corrected chi connectivity index (χ4v) is 4.44. The molecular weight excluding hydrogens is 431 g/mol. The normalized spacial score (nSPS) is 11.8. The van der Waals surface area contributed by atoms with Gasteiger partial charge in [-0.25, -0.2) is 13.2 Å². The van der Waals surface area contributed by atoms with Crippen molar-refractivity contribution >= 4 is 21.7 Å². The minimum absolute atomic E-state index is 0.134. The molecule has 0 bridgehead atoms. The number of carboxylic acid groups (broad SMARTS) is 1. The Bertz CT molecular complexity index is 1210. The van der Waals surface area contributed by atoms with Gasteiger partial charge in [0, 0.05) is 0 Å². The highest BCUT2D eigenvalue weighted by atomic mass is 32.2. The third-order valence-corrected chi connectivity index (χ3v) is 6.02. The summed E-state index contributed by atoms with van der Waals surface area (Å²) in [5, 5.41) is 9.10. The topological polar surface area (TPSA) is 83.5 Å². The second kappa shape index (κ2) is 8.81. The molecule has 2 N–H and O–H groups in total. The number of hydrogen-bond donors (Lipinski definition) is 2. The first-order chi connectivity index (χ1) is 14.6. The molecule has 31 heavy (non-hydrogen) atoms. The number of carbonyl (C=O) groups is 1. The van der Waals surface area contributed by atoms with Gasteiger partial charge < -0.3 is 5.11 Å². The molecule has 0 spiro atoms. The maximum Gasteiger partial charge on any atom is 0.417 e. The lowest BCUT2D eigenvalue weighted by Gasteiger charge is -2.16. The number of sulfonamides is 1. The molecule has 9 heteroatoms. The van der Waals surface area contributed by atoms with Gasteiger partial charge in [0.2, 0.25) is 0 Å². The highest BCUT2D eigenvalue weighted by Crippen LogP contribution is 2.35. The number of benzene rings is 3. The van der Waals surface area contributed by atoms with Gasteiger partial charge in [0.05, 0.1) is 21.7 Å². The van der Waals surface area contributed by atoms with Crippen molar-refractivity contribution in [1.82, 2.24) is 0 Å². The molecule has 0 aliphatic rings. The van der Waals surface area contributed by atoms with Crippen molar-refractivity contribution in [3.63, 3.8) is 0 Å². The van der Waals surface area contributed by atoms with E-state index in [9.17, 15) is 26.4 Å². The largest absolute Gasteiger partial charge is 0.478 e. The lowest BCUT2D eigenvalue weighted by molar-refractivity contribution is -0.139. The molecule has 0 fully saturated rings. The van der Waals surface area contributed by atoms with E-state index in [0.717, 1.165) is 23.8 Å². The van der Waals surface area contributed by atoms with Crippen molar-refractivity contribution in [3.05, 3.63) is 95.1 Å². The zero-order chi connectivity index (χ0) is 22.6. The Kier molecular flexibility index (Phi) is 6.35. The van der Waals surface area contributed by atoms with Gasteiger partial charge in [-0.15, -0.1) is 0 Å². The monoisotopic (exact) mass is 449 g/mol. The van der Waals surface area contributed by atoms with Crippen LogP contribution in [0, 0.1) is 0 Å². The Balaban J connectivity index is 1.86. The van der Waals surface area contributed by atoms with Crippen molar-refractivity contribution in [2.45, 2.75) is 23.9 Å². The Morgan fingerprint density at radius 2 is 1.58 bits per heavy atom. The van der Waals surface area contributed by atoms with E-state index < -0.39 is 32.6 Å².